The summed E-state index contributed by atoms with van der Waals surface area (Å²) in [6.07, 6.45) is 8.73. The van der Waals surface area contributed by atoms with E-state index in [4.69, 9.17) is 5.73 Å². The standard InChI is InChI=1S/C13H17N5/c14-5-10-2-4-18(9-10)13-16-7-12(8-17-13)11-1-3-15-6-11/h1,3,6-8,10,15H,2,4-5,9,14H2. The van der Waals surface area contributed by atoms with Crippen LogP contribution in [0.5, 0.6) is 0 Å². The molecule has 1 atom stereocenters. The summed E-state index contributed by atoms with van der Waals surface area (Å²) in [7, 11) is 0. The molecule has 1 aliphatic heterocycles. The molecule has 0 saturated carbocycles. The summed E-state index contributed by atoms with van der Waals surface area (Å²) in [4.78, 5) is 14.1. The number of nitrogens with one attached hydrogen (secondary N) is 1. The number of rotatable bonds is 3. The first-order valence-electron chi connectivity index (χ1n) is 6.27. The number of hydrogen-bond acceptors (Lipinski definition) is 4. The van der Waals surface area contributed by atoms with Crippen LogP contribution in [0.4, 0.5) is 5.95 Å². The second-order valence-corrected chi connectivity index (χ2v) is 4.71. The van der Waals surface area contributed by atoms with E-state index in [1.54, 1.807) is 0 Å². The van der Waals surface area contributed by atoms with Gasteiger partial charge in [0, 0.05) is 49.0 Å². The topological polar surface area (TPSA) is 70.8 Å². The van der Waals surface area contributed by atoms with Gasteiger partial charge in [0.25, 0.3) is 0 Å². The highest BCUT2D eigenvalue weighted by Crippen LogP contribution is 2.22. The minimum atomic E-state index is 0.581. The molecule has 0 spiro atoms. The summed E-state index contributed by atoms with van der Waals surface area (Å²) in [5, 5.41) is 0. The van der Waals surface area contributed by atoms with Gasteiger partial charge in [-0.05, 0) is 24.9 Å². The second-order valence-electron chi connectivity index (χ2n) is 4.71. The molecule has 0 aromatic carbocycles. The lowest BCUT2D eigenvalue weighted by Gasteiger charge is -2.15. The summed E-state index contributed by atoms with van der Waals surface area (Å²) in [5.41, 5.74) is 7.84. The fourth-order valence-electron chi connectivity index (χ4n) is 2.34. The molecule has 2 aromatic rings. The molecule has 2 aromatic heterocycles. The van der Waals surface area contributed by atoms with Crippen LogP contribution >= 0.6 is 0 Å². The molecule has 0 radical (unpaired) electrons. The molecule has 0 bridgehead atoms. The number of aromatic nitrogens is 3. The van der Waals surface area contributed by atoms with Gasteiger partial charge in [-0.15, -0.1) is 0 Å². The zero-order valence-corrected chi connectivity index (χ0v) is 10.2. The molecule has 1 saturated heterocycles. The molecule has 1 unspecified atom stereocenters. The molecule has 0 amide bonds. The number of nitrogens with two attached hydrogens (primary N) is 1. The molecule has 3 N–H and O–H groups in total. The van der Waals surface area contributed by atoms with Crippen molar-refractivity contribution >= 4 is 5.95 Å². The number of aromatic amines is 1. The Balaban J connectivity index is 1.76. The van der Waals surface area contributed by atoms with Gasteiger partial charge in [0.2, 0.25) is 5.95 Å². The molecular weight excluding hydrogens is 226 g/mol. The lowest BCUT2D eigenvalue weighted by atomic mass is 10.1. The van der Waals surface area contributed by atoms with Crippen molar-refractivity contribution in [1.82, 2.24) is 15.0 Å². The van der Waals surface area contributed by atoms with Crippen molar-refractivity contribution in [2.45, 2.75) is 6.42 Å². The number of H-pyrrole nitrogens is 1. The monoisotopic (exact) mass is 243 g/mol. The van der Waals surface area contributed by atoms with E-state index < -0.39 is 0 Å². The van der Waals surface area contributed by atoms with Crippen LogP contribution < -0.4 is 10.6 Å². The Morgan fingerprint density at radius 3 is 2.78 bits per heavy atom. The zero-order valence-electron chi connectivity index (χ0n) is 10.2. The molecule has 1 aliphatic rings. The van der Waals surface area contributed by atoms with Gasteiger partial charge in [0.1, 0.15) is 0 Å². The average Bonchev–Trinajstić information content (AvgIpc) is 3.10. The molecule has 3 heterocycles. The third kappa shape index (κ3) is 2.09. The van der Waals surface area contributed by atoms with E-state index in [1.165, 1.54) is 0 Å². The lowest BCUT2D eigenvalue weighted by molar-refractivity contribution is 0.602. The van der Waals surface area contributed by atoms with Gasteiger partial charge in [0.15, 0.2) is 0 Å². The summed E-state index contributed by atoms with van der Waals surface area (Å²) >= 11 is 0. The van der Waals surface area contributed by atoms with Crippen LogP contribution in [0.3, 0.4) is 0 Å². The highest BCUT2D eigenvalue weighted by Gasteiger charge is 2.22. The van der Waals surface area contributed by atoms with Crippen molar-refractivity contribution in [2.75, 3.05) is 24.5 Å². The highest BCUT2D eigenvalue weighted by atomic mass is 15.3. The largest absolute Gasteiger partial charge is 0.367 e. The van der Waals surface area contributed by atoms with Crippen LogP contribution in [0, 0.1) is 5.92 Å². The van der Waals surface area contributed by atoms with Crippen LogP contribution in [0.1, 0.15) is 6.42 Å². The SMILES string of the molecule is NCC1CCN(c2ncc(-c3cc[nH]c3)cn2)C1. The quantitative estimate of drug-likeness (QED) is 0.851. The van der Waals surface area contributed by atoms with E-state index in [0.29, 0.717) is 5.92 Å². The van der Waals surface area contributed by atoms with Gasteiger partial charge in [0.05, 0.1) is 0 Å². The van der Waals surface area contributed by atoms with Gasteiger partial charge in [-0.2, -0.15) is 0 Å². The summed E-state index contributed by atoms with van der Waals surface area (Å²) < 4.78 is 0. The smallest absolute Gasteiger partial charge is 0.225 e. The molecule has 0 aliphatic carbocycles. The van der Waals surface area contributed by atoms with Crippen molar-refractivity contribution in [2.24, 2.45) is 11.7 Å². The predicted molar refractivity (Wildman–Crippen MR) is 71.2 cm³/mol. The van der Waals surface area contributed by atoms with E-state index in [-0.39, 0.29) is 0 Å². The normalized spacial score (nSPS) is 19.4. The lowest BCUT2D eigenvalue weighted by Crippen LogP contribution is -2.24. The van der Waals surface area contributed by atoms with Crippen molar-refractivity contribution in [3.8, 4) is 11.1 Å². The van der Waals surface area contributed by atoms with Crippen LogP contribution in [-0.2, 0) is 0 Å². The number of nitrogens with zero attached hydrogens (tertiary/aromatic N) is 3. The molecule has 18 heavy (non-hydrogen) atoms. The fraction of sp³-hybridized carbons (Fsp3) is 0.385. The Morgan fingerprint density at radius 2 is 2.17 bits per heavy atom. The predicted octanol–water partition coefficient (Wildman–Crippen LogP) is 1.26. The van der Waals surface area contributed by atoms with Crippen LogP contribution in [0.15, 0.2) is 30.9 Å². The third-order valence-corrected chi connectivity index (χ3v) is 3.47. The summed E-state index contributed by atoms with van der Waals surface area (Å²) in [5.74, 6) is 1.39. The third-order valence-electron chi connectivity index (χ3n) is 3.47. The first kappa shape index (κ1) is 11.2. The van der Waals surface area contributed by atoms with Gasteiger partial charge >= 0.3 is 0 Å². The highest BCUT2D eigenvalue weighted by molar-refractivity contribution is 5.61. The fourth-order valence-corrected chi connectivity index (χ4v) is 2.34. The van der Waals surface area contributed by atoms with Crippen molar-refractivity contribution in [1.29, 1.82) is 0 Å². The maximum atomic E-state index is 5.69. The average molecular weight is 243 g/mol. The van der Waals surface area contributed by atoms with E-state index in [2.05, 4.69) is 19.9 Å². The Morgan fingerprint density at radius 1 is 1.33 bits per heavy atom. The van der Waals surface area contributed by atoms with Gasteiger partial charge in [-0.3, -0.25) is 0 Å². The Hall–Kier alpha value is -1.88. The van der Waals surface area contributed by atoms with E-state index in [1.807, 2.05) is 30.9 Å². The van der Waals surface area contributed by atoms with Crippen LogP contribution in [0.2, 0.25) is 0 Å². The molecule has 94 valence electrons. The molecule has 3 rings (SSSR count). The van der Waals surface area contributed by atoms with Gasteiger partial charge in [-0.1, -0.05) is 0 Å². The minimum absolute atomic E-state index is 0.581. The van der Waals surface area contributed by atoms with Crippen molar-refractivity contribution in [3.63, 3.8) is 0 Å². The molecule has 1 fully saturated rings. The Labute approximate surface area is 106 Å². The summed E-state index contributed by atoms with van der Waals surface area (Å²) in [6.45, 7) is 2.73. The van der Waals surface area contributed by atoms with E-state index in [0.717, 1.165) is 43.1 Å². The first-order chi connectivity index (χ1) is 8.86. The molecule has 5 heteroatoms. The maximum absolute atomic E-state index is 5.69. The second kappa shape index (κ2) is 4.78. The molecule has 5 nitrogen and oxygen atoms in total. The van der Waals surface area contributed by atoms with Crippen LogP contribution in [0.25, 0.3) is 11.1 Å². The summed E-state index contributed by atoms with van der Waals surface area (Å²) in [6, 6.07) is 2.01. The van der Waals surface area contributed by atoms with Crippen molar-refractivity contribution in [3.05, 3.63) is 30.9 Å². The Kier molecular flexibility index (Phi) is 2.98. The number of hydrogen-bond donors (Lipinski definition) is 2. The van der Waals surface area contributed by atoms with Crippen LogP contribution in [-0.4, -0.2) is 34.6 Å². The number of anilines is 1. The first-order valence-corrected chi connectivity index (χ1v) is 6.27. The van der Waals surface area contributed by atoms with Gasteiger partial charge in [-0.25, -0.2) is 9.97 Å². The maximum Gasteiger partial charge on any atom is 0.225 e. The van der Waals surface area contributed by atoms with E-state index >= 15 is 0 Å². The molecular formula is C13H17N5. The van der Waals surface area contributed by atoms with Crippen molar-refractivity contribution < 1.29 is 0 Å². The van der Waals surface area contributed by atoms with Gasteiger partial charge < -0.3 is 15.6 Å². The van der Waals surface area contributed by atoms with E-state index in [9.17, 15) is 0 Å². The zero-order chi connectivity index (χ0) is 12.4. The minimum Gasteiger partial charge on any atom is -0.367 e. The Bertz CT molecular complexity index is 491.